The fourth-order valence-electron chi connectivity index (χ4n) is 9.01. The molecule has 0 spiro atoms. The fraction of sp³-hybridized carbons (Fsp3) is 0.729. The van der Waals surface area contributed by atoms with Crippen LogP contribution in [0.15, 0.2) is 97.2 Å². The predicted molar refractivity (Wildman–Crippen MR) is 330 cm³/mol. The van der Waals surface area contributed by atoms with Crippen molar-refractivity contribution in [2.24, 2.45) is 0 Å². The summed E-state index contributed by atoms with van der Waals surface area (Å²) in [6.45, 7) is 6.52. The van der Waals surface area contributed by atoms with Crippen molar-refractivity contribution >= 4 is 17.9 Å². The molecule has 0 aliphatic rings. The predicted octanol–water partition coefficient (Wildman–Crippen LogP) is 22.0. The Morgan fingerprint density at radius 3 is 0.816 bits per heavy atom. The molecule has 1 unspecified atom stereocenters. The Kier molecular flexibility index (Phi) is 60.8. The average Bonchev–Trinajstić information content (AvgIpc) is 3.42. The van der Waals surface area contributed by atoms with Crippen molar-refractivity contribution < 1.29 is 28.6 Å². The summed E-state index contributed by atoms with van der Waals surface area (Å²) in [7, 11) is 0. The Hall–Kier alpha value is -3.67. The van der Waals surface area contributed by atoms with Gasteiger partial charge < -0.3 is 14.2 Å². The normalized spacial score (nSPS) is 12.7. The molecule has 0 aromatic carbocycles. The lowest BCUT2D eigenvalue weighted by molar-refractivity contribution is -0.167. The summed E-state index contributed by atoms with van der Waals surface area (Å²) in [5.41, 5.74) is 0. The molecule has 0 heterocycles. The number of allylic oxidation sites excluding steroid dienone is 16. The summed E-state index contributed by atoms with van der Waals surface area (Å²) in [4.78, 5) is 38.3. The van der Waals surface area contributed by atoms with Crippen molar-refractivity contribution in [2.45, 2.75) is 316 Å². The number of rotatable bonds is 58. The van der Waals surface area contributed by atoms with E-state index in [1.54, 1.807) is 0 Å². The third-order valence-corrected chi connectivity index (χ3v) is 13.8. The van der Waals surface area contributed by atoms with E-state index in [0.717, 1.165) is 122 Å². The van der Waals surface area contributed by atoms with Crippen LogP contribution in [0.1, 0.15) is 310 Å². The van der Waals surface area contributed by atoms with Gasteiger partial charge in [0.1, 0.15) is 13.2 Å². The number of ether oxygens (including phenoxy) is 3. The topological polar surface area (TPSA) is 78.9 Å². The molecular weight excluding hydrogens is 937 g/mol. The maximum atomic E-state index is 12.9. The molecule has 0 saturated heterocycles. The molecule has 0 radical (unpaired) electrons. The summed E-state index contributed by atoms with van der Waals surface area (Å²) < 4.78 is 16.9. The van der Waals surface area contributed by atoms with Crippen LogP contribution >= 0.6 is 0 Å². The third kappa shape index (κ3) is 61.2. The van der Waals surface area contributed by atoms with Gasteiger partial charge >= 0.3 is 17.9 Å². The molecule has 0 rings (SSSR count). The SMILES string of the molecule is CC/C=C\C/C=C\C/C=C\C/C=C\C/C=C\C/C=C\CCCCCCCCCCCCC(=O)OCC(COC(=O)CCCCCCCCCCCCCCC)OC(=O)CCCCCCC/C=C\C/C=C\CCCCCC. The van der Waals surface area contributed by atoms with Gasteiger partial charge in [0.15, 0.2) is 6.10 Å². The summed E-state index contributed by atoms with van der Waals surface area (Å²) in [5.74, 6) is -0.889. The minimum absolute atomic E-state index is 0.0813. The van der Waals surface area contributed by atoms with Crippen molar-refractivity contribution in [1.29, 1.82) is 0 Å². The molecule has 436 valence electrons. The molecule has 0 aromatic rings. The van der Waals surface area contributed by atoms with E-state index in [-0.39, 0.29) is 31.1 Å². The van der Waals surface area contributed by atoms with Crippen molar-refractivity contribution in [1.82, 2.24) is 0 Å². The summed E-state index contributed by atoms with van der Waals surface area (Å²) in [6.07, 6.45) is 85.5. The van der Waals surface area contributed by atoms with Gasteiger partial charge in [-0.25, -0.2) is 0 Å². The Morgan fingerprint density at radius 2 is 0.513 bits per heavy atom. The van der Waals surface area contributed by atoms with Crippen LogP contribution in [0, 0.1) is 0 Å². The van der Waals surface area contributed by atoms with Crippen LogP contribution in [-0.4, -0.2) is 37.2 Å². The van der Waals surface area contributed by atoms with Crippen LogP contribution in [0.4, 0.5) is 0 Å². The molecule has 0 aliphatic carbocycles. The minimum atomic E-state index is -0.786. The van der Waals surface area contributed by atoms with Gasteiger partial charge in [-0.05, 0) is 103 Å². The fourth-order valence-corrected chi connectivity index (χ4v) is 9.01. The highest BCUT2D eigenvalue weighted by Gasteiger charge is 2.19. The molecule has 6 nitrogen and oxygen atoms in total. The van der Waals surface area contributed by atoms with E-state index in [1.807, 2.05) is 0 Å². The maximum Gasteiger partial charge on any atom is 0.306 e. The highest BCUT2D eigenvalue weighted by atomic mass is 16.6. The van der Waals surface area contributed by atoms with Crippen LogP contribution in [-0.2, 0) is 28.6 Å². The van der Waals surface area contributed by atoms with Gasteiger partial charge in [0.05, 0.1) is 0 Å². The number of hydrogen-bond donors (Lipinski definition) is 0. The van der Waals surface area contributed by atoms with Gasteiger partial charge in [-0.2, -0.15) is 0 Å². The highest BCUT2D eigenvalue weighted by molar-refractivity contribution is 5.71. The second-order valence-corrected chi connectivity index (χ2v) is 21.3. The lowest BCUT2D eigenvalue weighted by Gasteiger charge is -2.18. The van der Waals surface area contributed by atoms with Crippen LogP contribution in [0.5, 0.6) is 0 Å². The maximum absolute atomic E-state index is 12.9. The molecule has 6 heteroatoms. The molecule has 0 bridgehead atoms. The van der Waals surface area contributed by atoms with E-state index in [1.165, 1.54) is 148 Å². The number of unbranched alkanes of at least 4 members (excludes halogenated alkanes) is 31. The van der Waals surface area contributed by atoms with Crippen LogP contribution < -0.4 is 0 Å². The van der Waals surface area contributed by atoms with Gasteiger partial charge in [0.2, 0.25) is 0 Å². The molecule has 0 N–H and O–H groups in total. The summed E-state index contributed by atoms with van der Waals surface area (Å²) >= 11 is 0. The van der Waals surface area contributed by atoms with E-state index < -0.39 is 6.10 Å². The van der Waals surface area contributed by atoms with Crippen LogP contribution in [0.2, 0.25) is 0 Å². The molecule has 0 amide bonds. The second kappa shape index (κ2) is 63.9. The first-order valence-corrected chi connectivity index (χ1v) is 32.2. The minimum Gasteiger partial charge on any atom is -0.462 e. The standard InChI is InChI=1S/C70H120O6/c1-4-7-10-13-16-19-22-25-27-29-30-31-32-33-34-35-36-37-38-39-40-41-43-45-48-51-54-57-60-63-69(72)75-66-67(65-74-68(71)62-59-56-53-50-47-44-24-21-18-15-12-9-6-3)76-70(73)64-61-58-55-52-49-46-42-28-26-23-20-17-14-11-8-5-2/h7,10,16,19-20,23,25,27-28,30-31,33-34,36-37,42,67H,4-6,8-9,11-15,17-18,21-22,24,26,29,32,35,38-41,43-66H2,1-3H3/b10-7-,19-16-,23-20-,27-25-,31-30-,34-33-,37-36-,42-28-. The Bertz CT molecular complexity index is 1490. The van der Waals surface area contributed by atoms with E-state index in [0.29, 0.717) is 19.3 Å². The van der Waals surface area contributed by atoms with Crippen molar-refractivity contribution in [3.63, 3.8) is 0 Å². The first-order chi connectivity index (χ1) is 37.5. The smallest absolute Gasteiger partial charge is 0.306 e. The van der Waals surface area contributed by atoms with Crippen molar-refractivity contribution in [2.75, 3.05) is 13.2 Å². The average molecular weight is 1060 g/mol. The van der Waals surface area contributed by atoms with E-state index in [9.17, 15) is 14.4 Å². The van der Waals surface area contributed by atoms with Crippen LogP contribution in [0.3, 0.4) is 0 Å². The monoisotopic (exact) mass is 1060 g/mol. The number of esters is 3. The zero-order valence-corrected chi connectivity index (χ0v) is 50.0. The molecular formula is C70H120O6. The zero-order valence-electron chi connectivity index (χ0n) is 50.0. The van der Waals surface area contributed by atoms with E-state index >= 15 is 0 Å². The van der Waals surface area contributed by atoms with Gasteiger partial charge in [-0.1, -0.05) is 285 Å². The molecule has 0 saturated carbocycles. The van der Waals surface area contributed by atoms with Gasteiger partial charge in [0, 0.05) is 19.3 Å². The highest BCUT2D eigenvalue weighted by Crippen LogP contribution is 2.16. The van der Waals surface area contributed by atoms with Gasteiger partial charge in [0.25, 0.3) is 0 Å². The van der Waals surface area contributed by atoms with E-state index in [4.69, 9.17) is 14.2 Å². The Morgan fingerprint density at radius 1 is 0.276 bits per heavy atom. The van der Waals surface area contributed by atoms with Gasteiger partial charge in [-0.15, -0.1) is 0 Å². The molecule has 0 aliphatic heterocycles. The van der Waals surface area contributed by atoms with Crippen molar-refractivity contribution in [3.05, 3.63) is 97.2 Å². The van der Waals surface area contributed by atoms with E-state index in [2.05, 4.69) is 118 Å². The number of hydrogen-bond acceptors (Lipinski definition) is 6. The first kappa shape index (κ1) is 72.3. The summed E-state index contributed by atoms with van der Waals surface area (Å²) in [6, 6.07) is 0. The molecule has 0 aromatic heterocycles. The Labute approximate surface area is 470 Å². The quantitative estimate of drug-likeness (QED) is 0.0261. The lowest BCUT2D eigenvalue weighted by Crippen LogP contribution is -2.30. The lowest BCUT2D eigenvalue weighted by atomic mass is 10.0. The number of carbonyl (C=O) groups is 3. The summed E-state index contributed by atoms with van der Waals surface area (Å²) in [5, 5.41) is 0. The number of carbonyl (C=O) groups excluding carboxylic acids is 3. The first-order valence-electron chi connectivity index (χ1n) is 32.2. The largest absolute Gasteiger partial charge is 0.462 e. The molecule has 76 heavy (non-hydrogen) atoms. The second-order valence-electron chi connectivity index (χ2n) is 21.3. The molecule has 1 atom stereocenters. The zero-order chi connectivity index (χ0) is 55.0. The van der Waals surface area contributed by atoms with Crippen LogP contribution in [0.25, 0.3) is 0 Å². The molecule has 0 fully saturated rings. The van der Waals surface area contributed by atoms with Crippen molar-refractivity contribution in [3.8, 4) is 0 Å². The Balaban J connectivity index is 4.29. The van der Waals surface area contributed by atoms with Gasteiger partial charge in [-0.3, -0.25) is 14.4 Å². The third-order valence-electron chi connectivity index (χ3n) is 13.8.